The van der Waals surface area contributed by atoms with E-state index in [1.807, 2.05) is 0 Å². The summed E-state index contributed by atoms with van der Waals surface area (Å²) in [6, 6.07) is 4.91. The van der Waals surface area contributed by atoms with E-state index < -0.39 is 0 Å². The number of anilines is 1. The molecule has 0 fully saturated rings. The van der Waals surface area contributed by atoms with Gasteiger partial charge in [-0.3, -0.25) is 0 Å². The van der Waals surface area contributed by atoms with E-state index in [2.05, 4.69) is 31.3 Å². The molecule has 1 aromatic carbocycles. The summed E-state index contributed by atoms with van der Waals surface area (Å²) in [6.07, 6.45) is 1.33. The van der Waals surface area contributed by atoms with Gasteiger partial charge in [0.1, 0.15) is 16.5 Å². The number of ether oxygens (including phenoxy) is 1. The van der Waals surface area contributed by atoms with Crippen molar-refractivity contribution in [3.8, 4) is 11.6 Å². The van der Waals surface area contributed by atoms with Crippen LogP contribution in [0, 0.1) is 0 Å². The van der Waals surface area contributed by atoms with Crippen LogP contribution in [0.15, 0.2) is 29.0 Å². The van der Waals surface area contributed by atoms with Crippen molar-refractivity contribution < 1.29 is 4.74 Å². The maximum Gasteiger partial charge on any atom is 0.238 e. The van der Waals surface area contributed by atoms with Crippen LogP contribution >= 0.6 is 39.1 Å². The summed E-state index contributed by atoms with van der Waals surface area (Å²) in [7, 11) is 0. The number of benzene rings is 1. The molecule has 0 bridgehead atoms. The van der Waals surface area contributed by atoms with Gasteiger partial charge in [-0.1, -0.05) is 23.2 Å². The van der Waals surface area contributed by atoms with Crippen molar-refractivity contribution in [2.24, 2.45) is 5.84 Å². The van der Waals surface area contributed by atoms with E-state index in [1.165, 1.54) is 6.33 Å². The highest BCUT2D eigenvalue weighted by Crippen LogP contribution is 2.33. The van der Waals surface area contributed by atoms with Crippen LogP contribution in [0.25, 0.3) is 0 Å². The second-order valence-electron chi connectivity index (χ2n) is 3.16. The lowest BCUT2D eigenvalue weighted by molar-refractivity contribution is 0.458. The van der Waals surface area contributed by atoms with Crippen molar-refractivity contribution in [3.05, 3.63) is 39.0 Å². The lowest BCUT2D eigenvalue weighted by atomic mass is 10.3. The molecule has 3 N–H and O–H groups in total. The number of hydrazine groups is 1. The number of nitrogens with zero attached hydrogens (tertiary/aromatic N) is 2. The lowest BCUT2D eigenvalue weighted by Gasteiger charge is -2.09. The molecule has 0 aliphatic heterocycles. The Morgan fingerprint density at radius 2 is 2.00 bits per heavy atom. The number of hydrogen-bond donors (Lipinski definition) is 2. The van der Waals surface area contributed by atoms with E-state index >= 15 is 0 Å². The summed E-state index contributed by atoms with van der Waals surface area (Å²) < 4.78 is 6.06. The van der Waals surface area contributed by atoms with Gasteiger partial charge in [-0.2, -0.15) is 0 Å². The Hall–Kier alpha value is -1.08. The van der Waals surface area contributed by atoms with Crippen LogP contribution in [0.1, 0.15) is 0 Å². The van der Waals surface area contributed by atoms with E-state index in [4.69, 9.17) is 33.8 Å². The molecule has 0 aliphatic rings. The van der Waals surface area contributed by atoms with Crippen molar-refractivity contribution in [1.29, 1.82) is 0 Å². The number of nitrogens with one attached hydrogen (secondary N) is 1. The zero-order chi connectivity index (χ0) is 13.1. The molecule has 0 unspecified atom stereocenters. The van der Waals surface area contributed by atoms with Crippen molar-refractivity contribution in [2.45, 2.75) is 0 Å². The molecule has 1 heterocycles. The SMILES string of the molecule is NNc1ncnc(Oc2ccc(Cl)c(Cl)c2)c1Br. The Balaban J connectivity index is 2.31. The van der Waals surface area contributed by atoms with Crippen LogP contribution in [0.2, 0.25) is 10.0 Å². The minimum absolute atomic E-state index is 0.316. The normalized spacial score (nSPS) is 10.2. The fourth-order valence-corrected chi connectivity index (χ4v) is 1.87. The molecular formula is C10H7BrCl2N4O. The van der Waals surface area contributed by atoms with E-state index in [-0.39, 0.29) is 0 Å². The van der Waals surface area contributed by atoms with Gasteiger partial charge in [-0.15, -0.1) is 0 Å². The zero-order valence-electron chi connectivity index (χ0n) is 8.82. The predicted octanol–water partition coefficient (Wildman–Crippen LogP) is 3.62. The van der Waals surface area contributed by atoms with Crippen molar-refractivity contribution in [3.63, 3.8) is 0 Å². The highest BCUT2D eigenvalue weighted by Gasteiger charge is 2.10. The summed E-state index contributed by atoms with van der Waals surface area (Å²) in [5, 5.41) is 0.853. The molecule has 0 saturated heterocycles. The molecule has 0 saturated carbocycles. The number of aromatic nitrogens is 2. The molecule has 8 heteroatoms. The summed E-state index contributed by atoms with van der Waals surface area (Å²) in [5.41, 5.74) is 2.42. The molecule has 0 atom stereocenters. The van der Waals surface area contributed by atoms with E-state index in [0.29, 0.717) is 32.0 Å². The van der Waals surface area contributed by atoms with Crippen LogP contribution in [0.4, 0.5) is 5.82 Å². The van der Waals surface area contributed by atoms with Gasteiger partial charge in [-0.05, 0) is 28.1 Å². The minimum Gasteiger partial charge on any atom is -0.438 e. The first-order valence-electron chi connectivity index (χ1n) is 4.72. The highest BCUT2D eigenvalue weighted by atomic mass is 79.9. The van der Waals surface area contributed by atoms with E-state index in [9.17, 15) is 0 Å². The first kappa shape index (κ1) is 13.4. The molecule has 94 valence electrons. The Morgan fingerprint density at radius 1 is 1.22 bits per heavy atom. The fourth-order valence-electron chi connectivity index (χ4n) is 1.18. The van der Waals surface area contributed by atoms with Gasteiger partial charge < -0.3 is 10.2 Å². The summed E-state index contributed by atoms with van der Waals surface area (Å²) in [4.78, 5) is 7.89. The number of nitrogen functional groups attached to an aromatic ring is 1. The number of halogens is 3. The molecule has 1 aromatic heterocycles. The standard InChI is InChI=1S/C10H7BrCl2N4O/c11-8-9(17-14)15-4-16-10(8)18-5-1-2-6(12)7(13)3-5/h1-4H,14H2,(H,15,16,17). The Bertz CT molecular complexity index is 582. The fraction of sp³-hybridized carbons (Fsp3) is 0. The molecule has 0 spiro atoms. The predicted molar refractivity (Wildman–Crippen MR) is 74.1 cm³/mol. The molecule has 5 nitrogen and oxygen atoms in total. The molecular weight excluding hydrogens is 343 g/mol. The third-order valence-corrected chi connectivity index (χ3v) is 3.45. The first-order chi connectivity index (χ1) is 8.61. The van der Waals surface area contributed by atoms with Crippen LogP contribution in [-0.2, 0) is 0 Å². The number of hydrogen-bond acceptors (Lipinski definition) is 5. The smallest absolute Gasteiger partial charge is 0.238 e. The number of nitrogens with two attached hydrogens (primary N) is 1. The third-order valence-electron chi connectivity index (χ3n) is 2.00. The summed E-state index contributed by atoms with van der Waals surface area (Å²) in [5.74, 6) is 6.53. The Labute approximate surface area is 121 Å². The van der Waals surface area contributed by atoms with Gasteiger partial charge in [0.2, 0.25) is 5.88 Å². The topological polar surface area (TPSA) is 73.1 Å². The lowest BCUT2D eigenvalue weighted by Crippen LogP contribution is -2.09. The molecule has 0 aliphatic carbocycles. The molecule has 0 radical (unpaired) electrons. The van der Waals surface area contributed by atoms with Gasteiger partial charge in [0, 0.05) is 6.07 Å². The minimum atomic E-state index is 0.316. The van der Waals surface area contributed by atoms with Gasteiger partial charge in [0.05, 0.1) is 10.0 Å². The van der Waals surface area contributed by atoms with Crippen molar-refractivity contribution in [2.75, 3.05) is 5.43 Å². The maximum atomic E-state index is 5.89. The average molecular weight is 350 g/mol. The number of rotatable bonds is 3. The van der Waals surface area contributed by atoms with Gasteiger partial charge in [0.25, 0.3) is 0 Å². The second kappa shape index (κ2) is 5.71. The Morgan fingerprint density at radius 3 is 2.67 bits per heavy atom. The van der Waals surface area contributed by atoms with Crippen molar-refractivity contribution >= 4 is 44.9 Å². The summed E-state index contributed by atoms with van der Waals surface area (Å²) >= 11 is 15.0. The van der Waals surface area contributed by atoms with Crippen LogP contribution in [0.3, 0.4) is 0 Å². The third kappa shape index (κ3) is 2.84. The average Bonchev–Trinajstić information content (AvgIpc) is 2.36. The molecule has 0 amide bonds. The molecule has 2 aromatic rings. The summed E-state index contributed by atoms with van der Waals surface area (Å²) in [6.45, 7) is 0. The van der Waals surface area contributed by atoms with Gasteiger partial charge >= 0.3 is 0 Å². The van der Waals surface area contributed by atoms with Crippen LogP contribution in [0.5, 0.6) is 11.6 Å². The van der Waals surface area contributed by atoms with Crippen molar-refractivity contribution in [1.82, 2.24) is 9.97 Å². The molecule has 2 rings (SSSR count). The first-order valence-corrected chi connectivity index (χ1v) is 6.26. The van der Waals surface area contributed by atoms with Gasteiger partial charge in [-0.25, -0.2) is 15.8 Å². The second-order valence-corrected chi connectivity index (χ2v) is 4.77. The molecule has 18 heavy (non-hydrogen) atoms. The van der Waals surface area contributed by atoms with Crippen LogP contribution < -0.4 is 16.0 Å². The van der Waals surface area contributed by atoms with Crippen LogP contribution in [-0.4, -0.2) is 9.97 Å². The van der Waals surface area contributed by atoms with Gasteiger partial charge in [0.15, 0.2) is 5.82 Å². The maximum absolute atomic E-state index is 5.89. The largest absolute Gasteiger partial charge is 0.438 e. The zero-order valence-corrected chi connectivity index (χ0v) is 11.9. The Kier molecular flexibility index (Phi) is 4.23. The van der Waals surface area contributed by atoms with E-state index in [1.54, 1.807) is 18.2 Å². The van der Waals surface area contributed by atoms with E-state index in [0.717, 1.165) is 0 Å². The highest BCUT2D eigenvalue weighted by molar-refractivity contribution is 9.10. The monoisotopic (exact) mass is 348 g/mol. The quantitative estimate of drug-likeness (QED) is 0.654.